The summed E-state index contributed by atoms with van der Waals surface area (Å²) in [6.07, 6.45) is 5.45. The van der Waals surface area contributed by atoms with E-state index in [4.69, 9.17) is 21.1 Å². The second-order valence-corrected chi connectivity index (χ2v) is 6.04. The number of ether oxygens (including phenoxy) is 2. The van der Waals surface area contributed by atoms with Crippen molar-refractivity contribution in [3.63, 3.8) is 0 Å². The summed E-state index contributed by atoms with van der Waals surface area (Å²) in [4.78, 5) is 18.9. The number of nitrogens with zero attached hydrogens (tertiary/aromatic N) is 2. The summed E-state index contributed by atoms with van der Waals surface area (Å²) in [5, 5.41) is 0.406. The minimum atomic E-state index is -0.0375. The smallest absolute Gasteiger partial charge is 0.254 e. The third-order valence-electron chi connectivity index (χ3n) is 4.28. The summed E-state index contributed by atoms with van der Waals surface area (Å²) in [5.41, 5.74) is 1.64. The molecule has 1 aromatic carbocycles. The number of fused-ring (bicyclic) bond motifs is 1. The van der Waals surface area contributed by atoms with Crippen molar-refractivity contribution in [1.82, 2.24) is 9.88 Å². The minimum Gasteiger partial charge on any atom is -0.454 e. The number of halogens is 1. The lowest BCUT2D eigenvalue weighted by Gasteiger charge is -2.25. The van der Waals surface area contributed by atoms with Crippen molar-refractivity contribution in [1.29, 1.82) is 0 Å². The van der Waals surface area contributed by atoms with Crippen molar-refractivity contribution in [2.75, 3.05) is 13.3 Å². The fraction of sp³-hybridized carbons (Fsp3) is 0.294. The molecule has 3 heterocycles. The van der Waals surface area contributed by atoms with Gasteiger partial charge in [-0.05, 0) is 42.7 Å². The molecule has 0 radical (unpaired) electrons. The van der Waals surface area contributed by atoms with E-state index >= 15 is 0 Å². The number of amides is 1. The lowest BCUT2D eigenvalue weighted by molar-refractivity contribution is 0.0735. The first kappa shape index (κ1) is 14.3. The third-order valence-corrected chi connectivity index (χ3v) is 4.56. The molecule has 0 bridgehead atoms. The maximum Gasteiger partial charge on any atom is 0.254 e. The van der Waals surface area contributed by atoms with E-state index in [9.17, 15) is 4.79 Å². The number of hydrogen-bond acceptors (Lipinski definition) is 4. The molecule has 1 unspecified atom stereocenters. The third kappa shape index (κ3) is 2.51. The van der Waals surface area contributed by atoms with Gasteiger partial charge in [-0.25, -0.2) is 0 Å². The maximum absolute atomic E-state index is 12.9. The Labute approximate surface area is 138 Å². The van der Waals surface area contributed by atoms with Crippen LogP contribution in [-0.4, -0.2) is 29.1 Å². The van der Waals surface area contributed by atoms with E-state index in [1.165, 1.54) is 0 Å². The molecule has 1 fully saturated rings. The van der Waals surface area contributed by atoms with Gasteiger partial charge in [0.25, 0.3) is 5.91 Å². The standard InChI is InChI=1S/C17H15ClN2O3/c18-13-8-12(9-15-16(13)23-10-22-15)17(21)20-7-1-2-14(20)11-3-5-19-6-4-11/h3-6,8-9,14H,1-2,7,10H2. The molecular formula is C17H15ClN2O3. The fourth-order valence-electron chi connectivity index (χ4n) is 3.20. The minimum absolute atomic E-state index is 0.0375. The zero-order valence-corrected chi connectivity index (χ0v) is 13.1. The Morgan fingerprint density at radius 3 is 2.91 bits per heavy atom. The van der Waals surface area contributed by atoms with E-state index in [0.29, 0.717) is 22.1 Å². The van der Waals surface area contributed by atoms with Crippen LogP contribution in [0.3, 0.4) is 0 Å². The molecule has 0 saturated carbocycles. The van der Waals surface area contributed by atoms with Crippen LogP contribution in [0, 0.1) is 0 Å². The van der Waals surface area contributed by atoms with Crippen LogP contribution < -0.4 is 9.47 Å². The largest absolute Gasteiger partial charge is 0.454 e. The Kier molecular flexibility index (Phi) is 3.58. The SMILES string of the molecule is O=C(c1cc(Cl)c2c(c1)OCO2)N1CCCC1c1ccncc1. The van der Waals surface area contributed by atoms with Gasteiger partial charge in [0, 0.05) is 24.5 Å². The van der Waals surface area contributed by atoms with Gasteiger partial charge < -0.3 is 14.4 Å². The lowest BCUT2D eigenvalue weighted by atomic mass is 10.1. The van der Waals surface area contributed by atoms with Gasteiger partial charge in [0.2, 0.25) is 6.79 Å². The molecule has 0 spiro atoms. The van der Waals surface area contributed by atoms with Crippen LogP contribution in [-0.2, 0) is 0 Å². The molecule has 118 valence electrons. The number of carbonyl (C=O) groups is 1. The monoisotopic (exact) mass is 330 g/mol. The van der Waals surface area contributed by atoms with Crippen molar-refractivity contribution in [2.45, 2.75) is 18.9 Å². The van der Waals surface area contributed by atoms with Gasteiger partial charge in [-0.2, -0.15) is 0 Å². The van der Waals surface area contributed by atoms with Gasteiger partial charge >= 0.3 is 0 Å². The van der Waals surface area contributed by atoms with E-state index in [-0.39, 0.29) is 18.7 Å². The molecular weight excluding hydrogens is 316 g/mol. The van der Waals surface area contributed by atoms with Gasteiger partial charge in [0.15, 0.2) is 11.5 Å². The highest BCUT2D eigenvalue weighted by Crippen LogP contribution is 2.41. The molecule has 2 aliphatic heterocycles. The quantitative estimate of drug-likeness (QED) is 0.846. The highest BCUT2D eigenvalue weighted by Gasteiger charge is 2.32. The number of pyridine rings is 1. The average molecular weight is 331 g/mol. The number of aromatic nitrogens is 1. The lowest BCUT2D eigenvalue weighted by Crippen LogP contribution is -2.30. The first-order valence-electron chi connectivity index (χ1n) is 7.54. The molecule has 5 nitrogen and oxygen atoms in total. The van der Waals surface area contributed by atoms with E-state index in [2.05, 4.69) is 4.98 Å². The van der Waals surface area contributed by atoms with Crippen LogP contribution in [0.4, 0.5) is 0 Å². The second-order valence-electron chi connectivity index (χ2n) is 5.63. The van der Waals surface area contributed by atoms with E-state index < -0.39 is 0 Å². The normalized spacial score (nSPS) is 19.2. The Morgan fingerprint density at radius 2 is 2.09 bits per heavy atom. The number of likely N-dealkylation sites (tertiary alicyclic amines) is 1. The maximum atomic E-state index is 12.9. The first-order chi connectivity index (χ1) is 11.2. The van der Waals surface area contributed by atoms with Crippen molar-refractivity contribution in [2.24, 2.45) is 0 Å². The van der Waals surface area contributed by atoms with E-state index in [1.807, 2.05) is 17.0 Å². The molecule has 4 rings (SSSR count). The number of carbonyl (C=O) groups excluding carboxylic acids is 1. The van der Waals surface area contributed by atoms with Crippen molar-refractivity contribution >= 4 is 17.5 Å². The fourth-order valence-corrected chi connectivity index (χ4v) is 3.46. The van der Waals surface area contributed by atoms with Gasteiger partial charge in [-0.3, -0.25) is 9.78 Å². The average Bonchev–Trinajstić information content (AvgIpc) is 3.24. The summed E-state index contributed by atoms with van der Waals surface area (Å²) in [6.45, 7) is 0.869. The summed E-state index contributed by atoms with van der Waals surface area (Å²) in [7, 11) is 0. The van der Waals surface area contributed by atoms with Crippen molar-refractivity contribution in [3.8, 4) is 11.5 Å². The molecule has 1 aromatic heterocycles. The van der Waals surface area contributed by atoms with E-state index in [0.717, 1.165) is 24.9 Å². The Balaban J connectivity index is 1.65. The predicted octanol–water partition coefficient (Wildman–Crippen LogP) is 3.44. The summed E-state index contributed by atoms with van der Waals surface area (Å²) in [5.74, 6) is 1.00. The zero-order valence-electron chi connectivity index (χ0n) is 12.4. The van der Waals surface area contributed by atoms with Crippen molar-refractivity contribution in [3.05, 3.63) is 52.8 Å². The van der Waals surface area contributed by atoms with Crippen LogP contribution in [0.25, 0.3) is 0 Å². The van der Waals surface area contributed by atoms with E-state index in [1.54, 1.807) is 24.5 Å². The molecule has 1 saturated heterocycles. The summed E-state index contributed by atoms with van der Waals surface area (Å²) in [6, 6.07) is 7.36. The Morgan fingerprint density at radius 1 is 1.26 bits per heavy atom. The predicted molar refractivity (Wildman–Crippen MR) is 84.8 cm³/mol. The Hall–Kier alpha value is -2.27. The first-order valence-corrected chi connectivity index (χ1v) is 7.92. The second kappa shape index (κ2) is 5.74. The van der Waals surface area contributed by atoms with Crippen LogP contribution in [0.2, 0.25) is 5.02 Å². The molecule has 23 heavy (non-hydrogen) atoms. The van der Waals surface area contributed by atoms with Crippen molar-refractivity contribution < 1.29 is 14.3 Å². The zero-order chi connectivity index (χ0) is 15.8. The van der Waals surface area contributed by atoms with Crippen LogP contribution in [0.15, 0.2) is 36.7 Å². The molecule has 6 heteroatoms. The van der Waals surface area contributed by atoms with Crippen LogP contribution >= 0.6 is 11.6 Å². The molecule has 0 N–H and O–H groups in total. The van der Waals surface area contributed by atoms with Gasteiger partial charge in [0.1, 0.15) is 0 Å². The molecule has 2 aromatic rings. The summed E-state index contributed by atoms with van der Waals surface area (Å²) < 4.78 is 10.7. The molecule has 2 aliphatic rings. The van der Waals surface area contributed by atoms with Gasteiger partial charge in [0.05, 0.1) is 11.1 Å². The molecule has 1 atom stereocenters. The number of hydrogen-bond donors (Lipinski definition) is 0. The highest BCUT2D eigenvalue weighted by molar-refractivity contribution is 6.32. The Bertz CT molecular complexity index is 751. The van der Waals surface area contributed by atoms with Crippen LogP contribution in [0.1, 0.15) is 34.8 Å². The van der Waals surface area contributed by atoms with Crippen LogP contribution in [0.5, 0.6) is 11.5 Å². The highest BCUT2D eigenvalue weighted by atomic mass is 35.5. The molecule has 1 amide bonds. The number of benzene rings is 1. The topological polar surface area (TPSA) is 51.7 Å². The molecule has 0 aliphatic carbocycles. The number of rotatable bonds is 2. The van der Waals surface area contributed by atoms with Gasteiger partial charge in [-0.15, -0.1) is 0 Å². The van der Waals surface area contributed by atoms with Gasteiger partial charge in [-0.1, -0.05) is 11.6 Å². The summed E-state index contributed by atoms with van der Waals surface area (Å²) >= 11 is 6.19.